The molecule has 1 saturated carbocycles. The average Bonchev–Trinajstić information content (AvgIpc) is 3.42. The standard InChI is InChI=1S/C36H29Cl2FN2O8/c1-17(42)18-4-8-20(9-5-18)40-31(44)24-13-12-23-25(28(24)32(40)45)16-35(37)33(46)41(21-10-6-19(39)7-11-21)34(47)36(35,38)30(23)29-26(48-2)14-22(43)15-27(29)49-3/h4-12,14-15,24-25,28,30,43H,13,16H2,1-3H3/t24-,25+,28-,30+,35+,36-/m0/s1. The third-order valence-corrected chi connectivity index (χ3v) is 11.7. The van der Waals surface area contributed by atoms with Crippen LogP contribution in [0.15, 0.2) is 72.3 Å². The lowest BCUT2D eigenvalue weighted by Gasteiger charge is -2.51. The highest BCUT2D eigenvalue weighted by molar-refractivity contribution is 6.58. The maximum atomic E-state index is 14.6. The number of amides is 4. The molecule has 2 aliphatic carbocycles. The molecule has 0 spiro atoms. The van der Waals surface area contributed by atoms with E-state index in [0.717, 1.165) is 21.9 Å². The van der Waals surface area contributed by atoms with Crippen LogP contribution in [0.5, 0.6) is 17.2 Å². The van der Waals surface area contributed by atoms with Gasteiger partial charge in [-0.2, -0.15) is 0 Å². The fraction of sp³-hybridized carbons (Fsp3) is 0.306. The van der Waals surface area contributed by atoms with E-state index in [9.17, 15) is 33.5 Å². The minimum Gasteiger partial charge on any atom is -0.508 e. The SMILES string of the molecule is COc1cc(O)cc(OC)c1[C@H]1C2=CC[C@@H]3C(=O)N(c4ccc(C(C)=O)cc4)C(=O)[C@@H]3[C@@H]2C[C@@]2(Cl)C(=O)N(c3ccc(F)cc3)C(=O)[C@@]12Cl. The molecule has 3 aromatic carbocycles. The zero-order chi connectivity index (χ0) is 35.2. The summed E-state index contributed by atoms with van der Waals surface area (Å²) in [7, 11) is 2.69. The van der Waals surface area contributed by atoms with Crippen LogP contribution in [0.25, 0.3) is 0 Å². The Morgan fingerprint density at radius 1 is 0.857 bits per heavy atom. The lowest BCUT2D eigenvalue weighted by Crippen LogP contribution is -2.60. The van der Waals surface area contributed by atoms with Crippen molar-refractivity contribution in [3.63, 3.8) is 0 Å². The van der Waals surface area contributed by atoms with Crippen LogP contribution in [0, 0.1) is 23.6 Å². The summed E-state index contributed by atoms with van der Waals surface area (Å²) in [5.74, 6) is -7.51. The molecule has 2 saturated heterocycles. The maximum absolute atomic E-state index is 14.6. The monoisotopic (exact) mass is 706 g/mol. The van der Waals surface area contributed by atoms with Gasteiger partial charge in [0.15, 0.2) is 15.5 Å². The number of rotatable bonds is 6. The van der Waals surface area contributed by atoms with E-state index in [1.807, 2.05) is 0 Å². The molecule has 2 heterocycles. The van der Waals surface area contributed by atoms with Crippen LogP contribution in [0.3, 0.4) is 0 Å². The number of anilines is 2. The van der Waals surface area contributed by atoms with Crippen LogP contribution >= 0.6 is 23.2 Å². The molecule has 0 unspecified atom stereocenters. The Bertz CT molecular complexity index is 1980. The number of phenols is 1. The molecule has 3 fully saturated rings. The number of imide groups is 2. The van der Waals surface area contributed by atoms with Crippen LogP contribution in [0.1, 0.15) is 41.6 Å². The number of ketones is 1. The second-order valence-corrected chi connectivity index (χ2v) is 13.9. The van der Waals surface area contributed by atoms with E-state index in [1.165, 1.54) is 69.7 Å². The summed E-state index contributed by atoms with van der Waals surface area (Å²) in [6.07, 6.45) is 1.58. The molecule has 49 heavy (non-hydrogen) atoms. The number of alkyl halides is 2. The summed E-state index contributed by atoms with van der Waals surface area (Å²) < 4.78 is 25.3. The van der Waals surface area contributed by atoms with Crippen molar-refractivity contribution in [1.82, 2.24) is 0 Å². The molecular weight excluding hydrogens is 678 g/mol. The summed E-state index contributed by atoms with van der Waals surface area (Å²) >= 11 is 14.9. The van der Waals surface area contributed by atoms with Crippen molar-refractivity contribution < 1.29 is 42.9 Å². The largest absolute Gasteiger partial charge is 0.508 e. The average molecular weight is 708 g/mol. The highest BCUT2D eigenvalue weighted by Crippen LogP contribution is 2.67. The molecule has 252 valence electrons. The van der Waals surface area contributed by atoms with Crippen molar-refractivity contribution in [1.29, 1.82) is 0 Å². The summed E-state index contributed by atoms with van der Waals surface area (Å²) in [5.41, 5.74) is 1.41. The topological polar surface area (TPSA) is 131 Å². The zero-order valence-electron chi connectivity index (χ0n) is 26.4. The lowest BCUT2D eigenvalue weighted by molar-refractivity contribution is -0.125. The first kappa shape index (κ1) is 32.8. The first-order valence-corrected chi connectivity index (χ1v) is 16.2. The Morgan fingerprint density at radius 2 is 1.43 bits per heavy atom. The summed E-state index contributed by atoms with van der Waals surface area (Å²) in [4.78, 5) is 66.7. The lowest BCUT2D eigenvalue weighted by atomic mass is 9.56. The quantitative estimate of drug-likeness (QED) is 0.154. The van der Waals surface area contributed by atoms with Gasteiger partial charge in [-0.15, -0.1) is 23.2 Å². The van der Waals surface area contributed by atoms with Gasteiger partial charge in [0.05, 0.1) is 37.4 Å². The molecule has 0 aromatic heterocycles. The normalized spacial score (nSPS) is 29.0. The van der Waals surface area contributed by atoms with Gasteiger partial charge < -0.3 is 14.6 Å². The molecule has 4 amide bonds. The molecule has 0 radical (unpaired) electrons. The third kappa shape index (κ3) is 4.48. The number of aromatic hydroxyl groups is 1. The van der Waals surface area contributed by atoms with E-state index in [2.05, 4.69) is 0 Å². The van der Waals surface area contributed by atoms with Gasteiger partial charge in [0.25, 0.3) is 11.8 Å². The number of methoxy groups -OCH3 is 2. The van der Waals surface area contributed by atoms with Gasteiger partial charge in [-0.1, -0.05) is 11.6 Å². The molecular formula is C36H29Cl2FN2O8. The number of fused-ring (bicyclic) bond motifs is 4. The van der Waals surface area contributed by atoms with Crippen molar-refractivity contribution >= 4 is 64.0 Å². The number of ether oxygens (including phenoxy) is 2. The number of phenolic OH excluding ortho intramolecular Hbond substituents is 1. The Hall–Kier alpha value is -4.74. The smallest absolute Gasteiger partial charge is 0.258 e. The van der Waals surface area contributed by atoms with Gasteiger partial charge in [-0.05, 0) is 74.2 Å². The Morgan fingerprint density at radius 3 is 2.00 bits per heavy atom. The number of nitrogens with zero attached hydrogens (tertiary/aromatic N) is 2. The Balaban J connectivity index is 1.42. The minimum atomic E-state index is -2.24. The van der Waals surface area contributed by atoms with Gasteiger partial charge in [0.2, 0.25) is 11.8 Å². The van der Waals surface area contributed by atoms with Crippen LogP contribution in [-0.2, 0) is 19.2 Å². The number of allylic oxidation sites excluding steroid dienone is 2. The zero-order valence-corrected chi connectivity index (χ0v) is 27.9. The summed E-state index contributed by atoms with van der Waals surface area (Å²) in [5, 5.41) is 10.5. The number of hydrogen-bond acceptors (Lipinski definition) is 8. The number of benzene rings is 3. The highest BCUT2D eigenvalue weighted by atomic mass is 35.5. The van der Waals surface area contributed by atoms with E-state index < -0.39 is 62.9 Å². The van der Waals surface area contributed by atoms with E-state index in [-0.39, 0.29) is 52.8 Å². The molecule has 4 aliphatic rings. The van der Waals surface area contributed by atoms with Crippen molar-refractivity contribution in [2.24, 2.45) is 17.8 Å². The molecule has 2 aliphatic heterocycles. The molecule has 1 N–H and O–H groups in total. The Kier molecular flexibility index (Phi) is 7.64. The van der Waals surface area contributed by atoms with Crippen LogP contribution in [0.2, 0.25) is 0 Å². The van der Waals surface area contributed by atoms with E-state index in [4.69, 9.17) is 32.7 Å². The van der Waals surface area contributed by atoms with Gasteiger partial charge in [-0.3, -0.25) is 28.9 Å². The summed E-state index contributed by atoms with van der Waals surface area (Å²) in [6.45, 7) is 1.41. The van der Waals surface area contributed by atoms with Gasteiger partial charge in [0.1, 0.15) is 23.1 Å². The number of halogens is 3. The van der Waals surface area contributed by atoms with Crippen molar-refractivity contribution in [3.05, 3.63) is 89.3 Å². The van der Waals surface area contributed by atoms with E-state index >= 15 is 0 Å². The van der Waals surface area contributed by atoms with Crippen molar-refractivity contribution in [2.75, 3.05) is 24.0 Å². The number of hydrogen-bond donors (Lipinski definition) is 1. The minimum absolute atomic E-state index is 0.0383. The fourth-order valence-electron chi connectivity index (χ4n) is 8.03. The third-order valence-electron chi connectivity index (χ3n) is 10.2. The fourth-order valence-corrected chi connectivity index (χ4v) is 8.94. The van der Waals surface area contributed by atoms with E-state index in [0.29, 0.717) is 11.1 Å². The van der Waals surface area contributed by atoms with Crippen LogP contribution in [-0.4, -0.2) is 58.5 Å². The second-order valence-electron chi connectivity index (χ2n) is 12.6. The number of Topliss-reactive ketones (excluding diaryl/α,β-unsaturated/α-hetero) is 1. The number of carbonyl (C=O) groups excluding carboxylic acids is 5. The first-order valence-electron chi connectivity index (χ1n) is 15.4. The number of carbonyl (C=O) groups is 5. The molecule has 10 nitrogen and oxygen atoms in total. The Labute approximate surface area is 290 Å². The van der Waals surface area contributed by atoms with Crippen molar-refractivity contribution in [2.45, 2.75) is 35.4 Å². The molecule has 7 rings (SSSR count). The maximum Gasteiger partial charge on any atom is 0.258 e. The first-order chi connectivity index (χ1) is 23.3. The summed E-state index contributed by atoms with van der Waals surface area (Å²) in [6, 6.07) is 13.4. The van der Waals surface area contributed by atoms with Crippen molar-refractivity contribution in [3.8, 4) is 17.2 Å². The van der Waals surface area contributed by atoms with E-state index in [1.54, 1.807) is 6.08 Å². The predicted molar refractivity (Wildman–Crippen MR) is 177 cm³/mol. The predicted octanol–water partition coefficient (Wildman–Crippen LogP) is 5.52. The van der Waals surface area contributed by atoms with Gasteiger partial charge in [-0.25, -0.2) is 9.29 Å². The molecule has 3 aromatic rings. The molecule has 6 atom stereocenters. The van der Waals surface area contributed by atoms with Gasteiger partial charge >= 0.3 is 0 Å². The molecule has 0 bridgehead atoms. The van der Waals surface area contributed by atoms with Crippen LogP contribution < -0.4 is 19.3 Å². The van der Waals surface area contributed by atoms with Crippen LogP contribution in [0.4, 0.5) is 15.8 Å². The second kappa shape index (κ2) is 11.4. The highest BCUT2D eigenvalue weighted by Gasteiger charge is 2.77. The molecule has 13 heteroatoms. The van der Waals surface area contributed by atoms with Gasteiger partial charge in [0, 0.05) is 29.2 Å².